The lowest BCUT2D eigenvalue weighted by molar-refractivity contribution is 0.696. The Labute approximate surface area is 485 Å². The summed E-state index contributed by atoms with van der Waals surface area (Å²) >= 11 is 0. The topological polar surface area (TPSA) is 0 Å². The molecule has 11 aromatic rings. The highest BCUT2D eigenvalue weighted by atomic mass is 14.5. The Morgan fingerprint density at radius 1 is 0.309 bits per heavy atom. The van der Waals surface area contributed by atoms with Gasteiger partial charge in [0.15, 0.2) is 0 Å². The van der Waals surface area contributed by atoms with Crippen molar-refractivity contribution >= 4 is 16.3 Å². The van der Waals surface area contributed by atoms with Crippen LogP contribution in [0.3, 0.4) is 0 Å². The van der Waals surface area contributed by atoms with E-state index in [1.54, 1.807) is 5.57 Å². The lowest BCUT2D eigenvalue weighted by Gasteiger charge is -2.36. The molecule has 0 radical (unpaired) electrons. The minimum Gasteiger partial charge on any atom is -0.0836 e. The molecule has 13 rings (SSSR count). The largest absolute Gasteiger partial charge is 0.0836 e. The fourth-order valence-corrected chi connectivity index (χ4v) is 11.3. The number of fused-ring (bicyclic) bond motifs is 3. The molecule has 0 aliphatic heterocycles. The Morgan fingerprint density at radius 3 is 1.35 bits per heavy atom. The van der Waals surface area contributed by atoms with E-state index in [2.05, 4.69) is 315 Å². The Hall–Kier alpha value is -8.84. The van der Waals surface area contributed by atoms with Crippen molar-refractivity contribution in [2.45, 2.75) is 87.5 Å². The Kier molecular flexibility index (Phi) is 20.4. The highest BCUT2D eigenvalue weighted by Gasteiger charge is 2.47. The summed E-state index contributed by atoms with van der Waals surface area (Å²) in [4.78, 5) is 0. The zero-order valence-electron chi connectivity index (χ0n) is 49.5. The monoisotopic (exact) mass is 1050 g/mol. The van der Waals surface area contributed by atoms with Gasteiger partial charge in [-0.2, -0.15) is 0 Å². The predicted molar refractivity (Wildman–Crippen MR) is 354 cm³/mol. The van der Waals surface area contributed by atoms with Crippen LogP contribution in [0.1, 0.15) is 96.2 Å². The summed E-state index contributed by atoms with van der Waals surface area (Å²) in [6, 6.07) is 95.9. The summed E-state index contributed by atoms with van der Waals surface area (Å²) in [5.41, 5.74) is 26.5. The van der Waals surface area contributed by atoms with E-state index in [-0.39, 0.29) is 5.41 Å². The van der Waals surface area contributed by atoms with Crippen LogP contribution in [0.4, 0.5) is 0 Å². The number of aryl methyl sites for hydroxylation is 6. The minimum absolute atomic E-state index is 0.177. The van der Waals surface area contributed by atoms with Gasteiger partial charge in [0.05, 0.1) is 5.41 Å². The van der Waals surface area contributed by atoms with Crippen LogP contribution in [0.15, 0.2) is 285 Å². The number of hydrogen-bond donors (Lipinski definition) is 0. The Morgan fingerprint density at radius 2 is 0.741 bits per heavy atom. The predicted octanol–water partition coefficient (Wildman–Crippen LogP) is 22.9. The van der Waals surface area contributed by atoms with E-state index in [4.69, 9.17) is 0 Å². The summed E-state index contributed by atoms with van der Waals surface area (Å²) in [7, 11) is 0. The second-order valence-corrected chi connectivity index (χ2v) is 20.7. The molecule has 0 atom stereocenters. The lowest BCUT2D eigenvalue weighted by Crippen LogP contribution is -2.30. The van der Waals surface area contributed by atoms with Crippen molar-refractivity contribution in [3.05, 3.63) is 340 Å². The van der Waals surface area contributed by atoms with Gasteiger partial charge in [-0.3, -0.25) is 0 Å². The zero-order valence-corrected chi connectivity index (χ0v) is 49.5. The molecule has 0 spiro atoms. The molecule has 0 nitrogen and oxygen atoms in total. The molecule has 0 saturated carbocycles. The molecular formula is C81H80. The van der Waals surface area contributed by atoms with Crippen molar-refractivity contribution in [1.29, 1.82) is 0 Å². The average molecular weight is 1050 g/mol. The third-order valence-corrected chi connectivity index (χ3v) is 15.3. The normalized spacial score (nSPS) is 12.2. The Balaban J connectivity index is 0.000000147. The van der Waals surface area contributed by atoms with Crippen molar-refractivity contribution in [3.63, 3.8) is 0 Å². The second kappa shape index (κ2) is 28.3. The minimum atomic E-state index is -0.177. The van der Waals surface area contributed by atoms with Crippen LogP contribution in [0.25, 0.3) is 60.9 Å². The molecule has 0 fully saturated rings. The first-order valence-electron chi connectivity index (χ1n) is 29.2. The van der Waals surface area contributed by atoms with Crippen LogP contribution < -0.4 is 0 Å². The van der Waals surface area contributed by atoms with Crippen LogP contribution in [0, 0.1) is 41.5 Å². The average Bonchev–Trinajstić information content (AvgIpc) is 2.43. The highest BCUT2D eigenvalue weighted by molar-refractivity contribution is 5.91. The van der Waals surface area contributed by atoms with E-state index in [1.165, 1.54) is 116 Å². The molecule has 0 saturated heterocycles. The SMILES string of the molecule is CC.CC.Cc1ccc(-c2cccc(-c3ccc(-c4ccccc4C)c(C)c3)c2)cc1.Cc1ccc(-c2ccccc2)cc1.Cc1ccc2c(c1)C(c1ccccc1)(c1ccccc1)C1=C2C=CCC1.Cc1cccc2ccccc12. The van der Waals surface area contributed by atoms with E-state index in [1.807, 2.05) is 33.8 Å². The van der Waals surface area contributed by atoms with E-state index in [0.29, 0.717) is 0 Å². The van der Waals surface area contributed by atoms with Gasteiger partial charge in [0.1, 0.15) is 0 Å². The summed E-state index contributed by atoms with van der Waals surface area (Å²) in [5, 5.41) is 2.68. The van der Waals surface area contributed by atoms with Crippen LogP contribution in [0.2, 0.25) is 0 Å². The van der Waals surface area contributed by atoms with Gasteiger partial charge < -0.3 is 0 Å². The standard InChI is InChI=1S/C27H24.C26H22.C13H12.C11H10.2C2H6/c1-19-11-13-22(14-12-19)23-8-6-9-24(18-23)25-15-16-27(21(3)17-25)26-10-5-4-7-20(26)2;1-19-16-17-23-22-14-8-9-15-24(22)26(25(23)18-19,20-10-4-2-5-11-20)21-12-6-3-7-13-21;1-11-7-9-13(10-8-11)12-5-3-2-4-6-12;1-9-5-4-7-10-6-2-3-8-11(9)10;2*1-2/h4-18H,1-3H3;2-8,10-14,16-18H,9,15H2,1H3;2-10H,1H3;2-8H,1H3;2*1-2H3. The molecule has 0 unspecified atom stereocenters. The van der Waals surface area contributed by atoms with Crippen molar-refractivity contribution in [1.82, 2.24) is 0 Å². The molecule has 0 aromatic heterocycles. The van der Waals surface area contributed by atoms with Gasteiger partial charge in [-0.1, -0.05) is 317 Å². The molecule has 0 bridgehead atoms. The number of hydrogen-bond acceptors (Lipinski definition) is 0. The van der Waals surface area contributed by atoms with Crippen LogP contribution in [-0.2, 0) is 5.41 Å². The molecule has 81 heavy (non-hydrogen) atoms. The van der Waals surface area contributed by atoms with Crippen molar-refractivity contribution in [2.24, 2.45) is 0 Å². The molecule has 0 amide bonds. The quantitative estimate of drug-likeness (QED) is 0.156. The maximum atomic E-state index is 2.40. The molecule has 0 N–H and O–H groups in total. The molecule has 404 valence electrons. The van der Waals surface area contributed by atoms with Crippen LogP contribution in [-0.4, -0.2) is 0 Å². The zero-order chi connectivity index (χ0) is 57.1. The highest BCUT2D eigenvalue weighted by Crippen LogP contribution is 2.57. The Bertz CT molecular complexity index is 3770. The third-order valence-electron chi connectivity index (χ3n) is 15.3. The fourth-order valence-electron chi connectivity index (χ4n) is 11.3. The fraction of sp³-hybridized carbons (Fsp3) is 0.160. The molecule has 11 aromatic carbocycles. The number of benzene rings is 11. The van der Waals surface area contributed by atoms with Crippen LogP contribution >= 0.6 is 0 Å². The molecular weight excluding hydrogens is 973 g/mol. The van der Waals surface area contributed by atoms with E-state index in [9.17, 15) is 0 Å². The molecule has 2 aliphatic rings. The van der Waals surface area contributed by atoms with Gasteiger partial charge in [0, 0.05) is 0 Å². The number of allylic oxidation sites excluding steroid dienone is 4. The van der Waals surface area contributed by atoms with E-state index in [0.717, 1.165) is 12.8 Å². The van der Waals surface area contributed by atoms with Gasteiger partial charge in [0.2, 0.25) is 0 Å². The van der Waals surface area contributed by atoms with Gasteiger partial charge in [-0.05, 0) is 166 Å². The second-order valence-electron chi connectivity index (χ2n) is 20.7. The maximum absolute atomic E-state index is 2.40. The van der Waals surface area contributed by atoms with Crippen LogP contribution in [0.5, 0.6) is 0 Å². The first kappa shape index (κ1) is 58.3. The third kappa shape index (κ3) is 13.6. The lowest BCUT2D eigenvalue weighted by atomic mass is 9.65. The summed E-state index contributed by atoms with van der Waals surface area (Å²) in [5.74, 6) is 0. The van der Waals surface area contributed by atoms with Crippen molar-refractivity contribution in [3.8, 4) is 44.5 Å². The smallest absolute Gasteiger partial charge is 0.0676 e. The summed E-state index contributed by atoms with van der Waals surface area (Å²) in [6.07, 6.45) is 6.91. The number of rotatable bonds is 6. The van der Waals surface area contributed by atoms with Crippen molar-refractivity contribution in [2.75, 3.05) is 0 Å². The molecule has 0 heterocycles. The van der Waals surface area contributed by atoms with Gasteiger partial charge in [-0.25, -0.2) is 0 Å². The van der Waals surface area contributed by atoms with Gasteiger partial charge in [0.25, 0.3) is 0 Å². The molecule has 2 aliphatic carbocycles. The first-order chi connectivity index (χ1) is 39.7. The summed E-state index contributed by atoms with van der Waals surface area (Å²) in [6.45, 7) is 21.0. The van der Waals surface area contributed by atoms with Gasteiger partial charge >= 0.3 is 0 Å². The first-order valence-corrected chi connectivity index (χ1v) is 29.2. The maximum Gasteiger partial charge on any atom is 0.0676 e. The van der Waals surface area contributed by atoms with E-state index < -0.39 is 0 Å². The summed E-state index contributed by atoms with van der Waals surface area (Å²) < 4.78 is 0. The molecule has 0 heteroatoms. The van der Waals surface area contributed by atoms with E-state index >= 15 is 0 Å². The van der Waals surface area contributed by atoms with Gasteiger partial charge in [-0.15, -0.1) is 0 Å². The van der Waals surface area contributed by atoms with Crippen molar-refractivity contribution < 1.29 is 0 Å².